The molecular weight excluding hydrogens is 304 g/mol. The maximum Gasteiger partial charge on any atom is 0.276 e. The molecule has 130 valence electrons. The minimum absolute atomic E-state index is 0.0873. The lowest BCUT2D eigenvalue weighted by atomic mass is 9.71. The van der Waals surface area contributed by atoms with Crippen LogP contribution in [0.2, 0.25) is 0 Å². The Morgan fingerprint density at radius 2 is 2.21 bits per heavy atom. The number of aryl methyl sites for hydroxylation is 2. The van der Waals surface area contributed by atoms with E-state index < -0.39 is 0 Å². The lowest BCUT2D eigenvalue weighted by molar-refractivity contribution is 0.0770. The highest BCUT2D eigenvalue weighted by Gasteiger charge is 2.34. The van der Waals surface area contributed by atoms with Crippen molar-refractivity contribution >= 4 is 5.91 Å². The molecule has 1 amide bonds. The third kappa shape index (κ3) is 3.09. The highest BCUT2D eigenvalue weighted by molar-refractivity contribution is 5.93. The minimum atomic E-state index is -0.0873. The molecular formula is C18H26N4O2. The number of hydrogen-bond acceptors (Lipinski definition) is 4. The fourth-order valence-corrected chi connectivity index (χ4v) is 3.36. The summed E-state index contributed by atoms with van der Waals surface area (Å²) in [7, 11) is 3.67. The van der Waals surface area contributed by atoms with Gasteiger partial charge in [-0.1, -0.05) is 25.9 Å². The summed E-state index contributed by atoms with van der Waals surface area (Å²) in [5.74, 6) is 1.34. The lowest BCUT2D eigenvalue weighted by Gasteiger charge is -2.33. The number of amides is 1. The van der Waals surface area contributed by atoms with Gasteiger partial charge in [0.15, 0.2) is 5.69 Å². The predicted molar refractivity (Wildman–Crippen MR) is 90.5 cm³/mol. The molecule has 0 aliphatic heterocycles. The van der Waals surface area contributed by atoms with Crippen LogP contribution in [0.3, 0.4) is 0 Å². The van der Waals surface area contributed by atoms with Gasteiger partial charge in [-0.05, 0) is 30.2 Å². The van der Waals surface area contributed by atoms with Gasteiger partial charge in [0, 0.05) is 32.3 Å². The van der Waals surface area contributed by atoms with E-state index in [1.165, 1.54) is 0 Å². The van der Waals surface area contributed by atoms with Crippen LogP contribution in [0.1, 0.15) is 54.7 Å². The Kier molecular flexibility index (Phi) is 4.24. The molecule has 0 aromatic carbocycles. The van der Waals surface area contributed by atoms with Crippen LogP contribution >= 0.6 is 0 Å². The van der Waals surface area contributed by atoms with Crippen molar-refractivity contribution in [2.45, 2.75) is 46.6 Å². The summed E-state index contributed by atoms with van der Waals surface area (Å²) in [5.41, 5.74) is 2.68. The molecule has 6 nitrogen and oxygen atoms in total. The molecule has 1 atom stereocenters. The second-order valence-electron chi connectivity index (χ2n) is 7.85. The molecule has 1 aliphatic rings. The molecule has 0 bridgehead atoms. The SMILES string of the molecule is CN(Cc1ccnn1C)C(=O)c1noc2c1C[C@@H](C(C)(C)C)CC2. The molecule has 2 aromatic heterocycles. The normalized spacial score (nSPS) is 17.6. The zero-order chi connectivity index (χ0) is 17.5. The van der Waals surface area contributed by atoms with E-state index in [2.05, 4.69) is 31.0 Å². The first-order valence-corrected chi connectivity index (χ1v) is 8.47. The third-order valence-corrected chi connectivity index (χ3v) is 5.14. The summed E-state index contributed by atoms with van der Waals surface area (Å²) in [4.78, 5) is 14.5. The van der Waals surface area contributed by atoms with Crippen LogP contribution in [0.5, 0.6) is 0 Å². The van der Waals surface area contributed by atoms with E-state index in [1.54, 1.807) is 22.8 Å². The van der Waals surface area contributed by atoms with Crippen LogP contribution in [0.15, 0.2) is 16.8 Å². The molecule has 0 saturated carbocycles. The van der Waals surface area contributed by atoms with Gasteiger partial charge in [0.05, 0.1) is 12.2 Å². The Hall–Kier alpha value is -2.11. The Balaban J connectivity index is 1.80. The van der Waals surface area contributed by atoms with Gasteiger partial charge < -0.3 is 9.42 Å². The fourth-order valence-electron chi connectivity index (χ4n) is 3.36. The van der Waals surface area contributed by atoms with Gasteiger partial charge in [0.25, 0.3) is 5.91 Å². The van der Waals surface area contributed by atoms with Crippen molar-refractivity contribution in [3.63, 3.8) is 0 Å². The molecule has 0 saturated heterocycles. The monoisotopic (exact) mass is 330 g/mol. The molecule has 0 radical (unpaired) electrons. The van der Waals surface area contributed by atoms with E-state index in [9.17, 15) is 4.79 Å². The zero-order valence-corrected chi connectivity index (χ0v) is 15.2. The van der Waals surface area contributed by atoms with Crippen LogP contribution in [-0.2, 0) is 26.4 Å². The number of fused-ring (bicyclic) bond motifs is 1. The molecule has 2 heterocycles. The first-order valence-electron chi connectivity index (χ1n) is 8.47. The van der Waals surface area contributed by atoms with Gasteiger partial charge in [0.1, 0.15) is 5.76 Å². The van der Waals surface area contributed by atoms with Crippen LogP contribution in [0.4, 0.5) is 0 Å². The average Bonchev–Trinajstić information content (AvgIpc) is 3.11. The van der Waals surface area contributed by atoms with Gasteiger partial charge in [-0.15, -0.1) is 0 Å². The van der Waals surface area contributed by atoms with Crippen LogP contribution in [0.25, 0.3) is 0 Å². The summed E-state index contributed by atoms with van der Waals surface area (Å²) >= 11 is 0. The first-order chi connectivity index (χ1) is 11.3. The Bertz CT molecular complexity index is 739. The third-order valence-electron chi connectivity index (χ3n) is 5.14. The van der Waals surface area contributed by atoms with Crippen molar-refractivity contribution in [3.05, 3.63) is 35.0 Å². The Morgan fingerprint density at radius 3 is 2.83 bits per heavy atom. The molecule has 0 fully saturated rings. The van der Waals surface area contributed by atoms with Gasteiger partial charge in [-0.25, -0.2) is 0 Å². The molecule has 1 aliphatic carbocycles. The number of carbonyl (C=O) groups excluding carboxylic acids is 1. The minimum Gasteiger partial charge on any atom is -0.360 e. The smallest absolute Gasteiger partial charge is 0.276 e. The summed E-state index contributed by atoms with van der Waals surface area (Å²) in [6, 6.07) is 1.91. The Morgan fingerprint density at radius 1 is 1.46 bits per heavy atom. The number of hydrogen-bond donors (Lipinski definition) is 0. The number of rotatable bonds is 3. The van der Waals surface area contributed by atoms with E-state index in [-0.39, 0.29) is 11.3 Å². The highest BCUT2D eigenvalue weighted by Crippen LogP contribution is 2.38. The van der Waals surface area contributed by atoms with Gasteiger partial charge >= 0.3 is 0 Å². The topological polar surface area (TPSA) is 64.2 Å². The first kappa shape index (κ1) is 16.7. The highest BCUT2D eigenvalue weighted by atomic mass is 16.5. The lowest BCUT2D eigenvalue weighted by Crippen LogP contribution is -2.31. The molecule has 0 unspecified atom stereocenters. The molecule has 2 aromatic rings. The van der Waals surface area contributed by atoms with Gasteiger partial charge in [-0.2, -0.15) is 5.10 Å². The molecule has 24 heavy (non-hydrogen) atoms. The van der Waals surface area contributed by atoms with E-state index >= 15 is 0 Å². The standard InChI is InChI=1S/C18H26N4O2/c1-18(2,3)12-6-7-15-14(10-12)16(20-24-15)17(23)21(4)11-13-8-9-19-22(13)5/h8-9,12H,6-7,10-11H2,1-5H3/t12-/m0/s1. The molecule has 0 spiro atoms. The van der Waals surface area contributed by atoms with E-state index in [0.717, 1.165) is 36.3 Å². The van der Waals surface area contributed by atoms with E-state index in [0.29, 0.717) is 18.2 Å². The van der Waals surface area contributed by atoms with Crippen molar-refractivity contribution in [1.82, 2.24) is 19.8 Å². The Labute approximate surface area is 142 Å². The van der Waals surface area contributed by atoms with Gasteiger partial charge in [-0.3, -0.25) is 9.48 Å². The van der Waals surface area contributed by atoms with Crippen molar-refractivity contribution in [2.75, 3.05) is 7.05 Å². The molecule has 6 heteroatoms. The second kappa shape index (κ2) is 6.07. The van der Waals surface area contributed by atoms with Crippen molar-refractivity contribution in [1.29, 1.82) is 0 Å². The largest absolute Gasteiger partial charge is 0.360 e. The quantitative estimate of drug-likeness (QED) is 0.868. The number of aromatic nitrogens is 3. The van der Waals surface area contributed by atoms with E-state index in [1.807, 2.05) is 13.1 Å². The van der Waals surface area contributed by atoms with Crippen molar-refractivity contribution < 1.29 is 9.32 Å². The van der Waals surface area contributed by atoms with Crippen LogP contribution in [-0.4, -0.2) is 32.8 Å². The maximum atomic E-state index is 12.8. The summed E-state index contributed by atoms with van der Waals surface area (Å²) in [6.45, 7) is 7.27. The van der Waals surface area contributed by atoms with Gasteiger partial charge in [0.2, 0.25) is 0 Å². The summed E-state index contributed by atoms with van der Waals surface area (Å²) in [6.07, 6.45) is 4.55. The molecule has 3 rings (SSSR count). The van der Waals surface area contributed by atoms with Crippen molar-refractivity contribution in [3.8, 4) is 0 Å². The number of nitrogens with zero attached hydrogens (tertiary/aromatic N) is 4. The summed E-state index contributed by atoms with van der Waals surface area (Å²) < 4.78 is 7.24. The molecule has 0 N–H and O–H groups in total. The predicted octanol–water partition coefficient (Wildman–Crippen LogP) is 2.83. The van der Waals surface area contributed by atoms with E-state index in [4.69, 9.17) is 4.52 Å². The second-order valence-corrected chi connectivity index (χ2v) is 7.85. The number of carbonyl (C=O) groups is 1. The maximum absolute atomic E-state index is 12.8. The van der Waals surface area contributed by atoms with Crippen molar-refractivity contribution in [2.24, 2.45) is 18.4 Å². The van der Waals surface area contributed by atoms with Crippen LogP contribution in [0, 0.1) is 11.3 Å². The zero-order valence-electron chi connectivity index (χ0n) is 15.2. The summed E-state index contributed by atoms with van der Waals surface area (Å²) in [5, 5.41) is 8.24. The van der Waals surface area contributed by atoms with Crippen LogP contribution < -0.4 is 0 Å². The fraction of sp³-hybridized carbons (Fsp3) is 0.611. The average molecular weight is 330 g/mol.